The Hall–Kier alpha value is -3.96. The molecule has 2 aliphatic rings. The van der Waals surface area contributed by atoms with Crippen molar-refractivity contribution in [2.75, 3.05) is 49.1 Å². The Labute approximate surface area is 277 Å². The molecule has 14 heteroatoms. The summed E-state index contributed by atoms with van der Waals surface area (Å²) >= 11 is 0. The molecule has 0 aromatic carbocycles. The highest BCUT2D eigenvalue weighted by molar-refractivity contribution is 5.94. The molecule has 0 bridgehead atoms. The fraction of sp³-hybridized carbons (Fsp3) is 0.606. The maximum atomic E-state index is 13.2. The number of nitrogens with two attached hydrogens (primary N) is 1. The molecule has 0 spiro atoms. The third-order valence-corrected chi connectivity index (χ3v) is 6.93. The smallest absolute Gasteiger partial charge is 0.324 e. The molecule has 4 rings (SSSR count). The topological polar surface area (TPSA) is 127 Å². The molecule has 2 N–H and O–H groups in total. The second kappa shape index (κ2) is 22.5. The van der Waals surface area contributed by atoms with Crippen LogP contribution in [0.25, 0.3) is 0 Å². The number of hydrogen-bond acceptors (Lipinski definition) is 10. The largest absolute Gasteiger partial charge is 0.373 e. The van der Waals surface area contributed by atoms with Crippen LogP contribution >= 0.6 is 0 Å². The first-order chi connectivity index (χ1) is 22.7. The number of carbonyl (C=O) groups is 1. The summed E-state index contributed by atoms with van der Waals surface area (Å²) in [6, 6.07) is 0.818. The van der Waals surface area contributed by atoms with E-state index in [1.54, 1.807) is 12.4 Å². The van der Waals surface area contributed by atoms with Crippen molar-refractivity contribution < 1.29 is 27.2 Å². The number of allylic oxidation sites excluding steroid dienone is 4. The molecule has 47 heavy (non-hydrogen) atoms. The van der Waals surface area contributed by atoms with E-state index in [-0.39, 0.29) is 18.0 Å². The van der Waals surface area contributed by atoms with Gasteiger partial charge in [0.1, 0.15) is 12.4 Å². The van der Waals surface area contributed by atoms with Crippen LogP contribution < -0.4 is 15.5 Å². The highest BCUT2D eigenvalue weighted by atomic mass is 19.2. The Bertz CT molecular complexity index is 1280. The minimum Gasteiger partial charge on any atom is -0.373 e. The van der Waals surface area contributed by atoms with Gasteiger partial charge in [-0.2, -0.15) is 9.37 Å². The number of terminal acetylenes is 1. The van der Waals surface area contributed by atoms with E-state index in [0.29, 0.717) is 49.2 Å². The highest BCUT2D eigenvalue weighted by Crippen LogP contribution is 2.23. The molecule has 11 nitrogen and oxygen atoms in total. The van der Waals surface area contributed by atoms with Crippen LogP contribution in [-0.2, 0) is 11.3 Å². The molecule has 2 aromatic rings. The maximum Gasteiger partial charge on any atom is 0.324 e. The van der Waals surface area contributed by atoms with Gasteiger partial charge in [0, 0.05) is 69.9 Å². The van der Waals surface area contributed by atoms with Gasteiger partial charge < -0.3 is 29.7 Å². The van der Waals surface area contributed by atoms with Crippen molar-refractivity contribution in [1.29, 1.82) is 0 Å². The Morgan fingerprint density at radius 2 is 1.72 bits per heavy atom. The molecule has 2 saturated heterocycles. The highest BCUT2D eigenvalue weighted by Gasteiger charge is 2.30. The predicted molar refractivity (Wildman–Crippen MR) is 179 cm³/mol. The maximum absolute atomic E-state index is 13.2. The number of hydrogen-bond donors (Lipinski definition) is 1. The van der Waals surface area contributed by atoms with Crippen LogP contribution in [0.1, 0.15) is 90.3 Å². The molecule has 4 heterocycles. The average molecular weight is 665 g/mol. The zero-order chi connectivity index (χ0) is 35.4. The van der Waals surface area contributed by atoms with Crippen LogP contribution in [0.3, 0.4) is 0 Å². The predicted octanol–water partition coefficient (Wildman–Crippen LogP) is 6.15. The fourth-order valence-corrected chi connectivity index (χ4v) is 4.66. The number of ether oxygens (including phenoxy) is 1. The van der Waals surface area contributed by atoms with Crippen LogP contribution in [0.5, 0.6) is 0 Å². The van der Waals surface area contributed by atoms with Crippen LogP contribution in [-0.4, -0.2) is 82.3 Å². The van der Waals surface area contributed by atoms with E-state index in [1.807, 2.05) is 39.5 Å². The van der Waals surface area contributed by atoms with Gasteiger partial charge in [-0.05, 0) is 45.5 Å². The number of aromatic nitrogens is 4. The molecular formula is C33H51F3N8O3. The summed E-state index contributed by atoms with van der Waals surface area (Å²) < 4.78 is 46.7. The van der Waals surface area contributed by atoms with Crippen LogP contribution in [0.4, 0.5) is 25.1 Å². The van der Waals surface area contributed by atoms with E-state index in [0.717, 1.165) is 58.8 Å². The molecule has 2 aliphatic heterocycles. The van der Waals surface area contributed by atoms with Crippen molar-refractivity contribution in [3.63, 3.8) is 0 Å². The van der Waals surface area contributed by atoms with Crippen LogP contribution in [0.15, 0.2) is 40.5 Å². The molecule has 1 atom stereocenters. The van der Waals surface area contributed by atoms with Crippen LogP contribution in [0, 0.1) is 12.3 Å². The van der Waals surface area contributed by atoms with Gasteiger partial charge in [-0.15, -0.1) is 6.42 Å². The summed E-state index contributed by atoms with van der Waals surface area (Å²) in [5.74, 6) is -0.839. The van der Waals surface area contributed by atoms with E-state index >= 15 is 0 Å². The summed E-state index contributed by atoms with van der Waals surface area (Å²) in [5, 5.41) is 4.00. The first-order valence-electron chi connectivity index (χ1n) is 16.3. The third-order valence-electron chi connectivity index (χ3n) is 6.93. The Kier molecular flexibility index (Phi) is 19.7. The number of carbonyl (C=O) groups excluding carboxylic acids is 1. The number of halogens is 3. The lowest BCUT2D eigenvalue weighted by Gasteiger charge is -2.37. The lowest BCUT2D eigenvalue weighted by atomic mass is 10.0. The third kappa shape index (κ3) is 13.4. The van der Waals surface area contributed by atoms with Crippen molar-refractivity contribution >= 4 is 17.9 Å². The second-order valence-corrected chi connectivity index (χ2v) is 10.1. The first kappa shape index (κ1) is 41.1. The van der Waals surface area contributed by atoms with Crippen molar-refractivity contribution in [2.24, 2.45) is 5.73 Å². The standard InChI is InChI=1S/C22H34N8O3.C7H5F3.2C2H6/c1-3-11-32-15-19-26-22(33-27-19)28-9-6-18(7-10-28)30(4-2)20(31)16-12-24-21(25-13-16)29-8-5-17(23)14-29;1-3-6(9)4-7(10)5(2)8;2*1-2/h12-13,17-18H,3-11,14-15,23H2,1-2H3;1,4H,2H3;2*1-2H3/b;6-4+,7-5-;;. The minimum atomic E-state index is -1.28. The Morgan fingerprint density at radius 1 is 1.11 bits per heavy atom. The monoisotopic (exact) mass is 664 g/mol. The molecule has 2 aromatic heterocycles. The summed E-state index contributed by atoms with van der Waals surface area (Å²) in [7, 11) is 0. The summed E-state index contributed by atoms with van der Waals surface area (Å²) in [5.41, 5.74) is 6.49. The molecule has 1 unspecified atom stereocenters. The Morgan fingerprint density at radius 3 is 2.23 bits per heavy atom. The number of anilines is 2. The van der Waals surface area contributed by atoms with Gasteiger partial charge in [-0.1, -0.05) is 39.8 Å². The lowest BCUT2D eigenvalue weighted by Crippen LogP contribution is -2.47. The summed E-state index contributed by atoms with van der Waals surface area (Å²) in [4.78, 5) is 32.5. The van der Waals surface area contributed by atoms with Gasteiger partial charge >= 0.3 is 6.01 Å². The number of amides is 1. The van der Waals surface area contributed by atoms with Crippen molar-refractivity contribution in [1.82, 2.24) is 25.0 Å². The second-order valence-electron chi connectivity index (χ2n) is 10.1. The normalized spacial score (nSPS) is 16.8. The number of rotatable bonds is 10. The van der Waals surface area contributed by atoms with Crippen molar-refractivity contribution in [3.8, 4) is 12.3 Å². The molecule has 0 saturated carbocycles. The van der Waals surface area contributed by atoms with Gasteiger partial charge in [0.25, 0.3) is 5.91 Å². The summed E-state index contributed by atoms with van der Waals surface area (Å²) in [6.45, 7) is 17.7. The quantitative estimate of drug-likeness (QED) is 0.180. The van der Waals surface area contributed by atoms with Gasteiger partial charge in [-0.25, -0.2) is 18.7 Å². The van der Waals surface area contributed by atoms with Gasteiger partial charge in [0.2, 0.25) is 5.95 Å². The van der Waals surface area contributed by atoms with E-state index in [9.17, 15) is 18.0 Å². The van der Waals surface area contributed by atoms with Crippen molar-refractivity contribution in [3.05, 3.63) is 47.3 Å². The Balaban J connectivity index is 0.000000672. The zero-order valence-electron chi connectivity index (χ0n) is 28.8. The van der Waals surface area contributed by atoms with E-state index in [4.69, 9.17) is 15.0 Å². The van der Waals surface area contributed by atoms with Crippen molar-refractivity contribution in [2.45, 2.75) is 92.8 Å². The molecule has 0 radical (unpaired) electrons. The molecule has 0 aliphatic carbocycles. The number of piperidine rings is 1. The van der Waals surface area contributed by atoms with Crippen LogP contribution in [0.2, 0.25) is 0 Å². The van der Waals surface area contributed by atoms with Gasteiger partial charge in [-0.3, -0.25) is 4.79 Å². The minimum absolute atomic E-state index is 0.0335. The molecule has 2 fully saturated rings. The van der Waals surface area contributed by atoms with E-state index in [2.05, 4.69) is 43.3 Å². The average Bonchev–Trinajstić information content (AvgIpc) is 3.77. The number of nitrogens with zero attached hydrogens (tertiary/aromatic N) is 7. The van der Waals surface area contributed by atoms with Gasteiger partial charge in [0.05, 0.1) is 5.56 Å². The van der Waals surface area contributed by atoms with E-state index in [1.165, 1.54) is 5.92 Å². The SMILES string of the molecule is C#C/C(F)=C\C(F)=C(/C)F.CC.CC.CCCOCc1noc(N2CCC(N(CC)C(=O)c3cnc(N4CCC(N)C4)nc3)CC2)n1. The van der Waals surface area contributed by atoms with Gasteiger partial charge in [0.15, 0.2) is 17.5 Å². The molecule has 1 amide bonds. The summed E-state index contributed by atoms with van der Waals surface area (Å²) in [6.07, 6.45) is 11.6. The lowest BCUT2D eigenvalue weighted by molar-refractivity contribution is 0.0661. The first-order valence-corrected chi connectivity index (χ1v) is 16.3. The van der Waals surface area contributed by atoms with E-state index < -0.39 is 17.5 Å². The molecule has 262 valence electrons. The zero-order valence-corrected chi connectivity index (χ0v) is 28.8. The fourth-order valence-electron chi connectivity index (χ4n) is 4.66. The molecular weight excluding hydrogens is 613 g/mol.